The van der Waals surface area contributed by atoms with Crippen LogP contribution in [-0.2, 0) is 12.8 Å². The lowest BCUT2D eigenvalue weighted by molar-refractivity contribution is 0.0734. The van der Waals surface area contributed by atoms with Crippen LogP contribution in [0.3, 0.4) is 0 Å². The number of hydrogen-bond donors (Lipinski definition) is 1. The van der Waals surface area contributed by atoms with Gasteiger partial charge in [-0.3, -0.25) is 0 Å². The van der Waals surface area contributed by atoms with E-state index in [1.807, 2.05) is 24.3 Å². The van der Waals surface area contributed by atoms with Gasteiger partial charge in [0.1, 0.15) is 17.2 Å². The predicted octanol–water partition coefficient (Wildman–Crippen LogP) is 4.41. The van der Waals surface area contributed by atoms with Crippen molar-refractivity contribution < 1.29 is 19.4 Å². The van der Waals surface area contributed by atoms with Crippen molar-refractivity contribution in [2.24, 2.45) is 0 Å². The van der Waals surface area contributed by atoms with Crippen LogP contribution < -0.4 is 9.47 Å². The van der Waals surface area contributed by atoms with E-state index < -0.39 is 5.97 Å². The molecule has 0 aliphatic heterocycles. The number of aryl methyl sites for hydroxylation is 2. The molecule has 0 unspecified atom stereocenters. The highest BCUT2D eigenvalue weighted by Gasteiger charge is 2.08. The highest BCUT2D eigenvalue weighted by atomic mass is 16.5. The van der Waals surface area contributed by atoms with Gasteiger partial charge < -0.3 is 14.6 Å². The van der Waals surface area contributed by atoms with E-state index in [1.54, 1.807) is 55.6 Å². The molecule has 0 aliphatic carbocycles. The van der Waals surface area contributed by atoms with Gasteiger partial charge in [0.25, 0.3) is 0 Å². The van der Waals surface area contributed by atoms with Crippen LogP contribution in [0.25, 0.3) is 0 Å². The van der Waals surface area contributed by atoms with E-state index in [0.29, 0.717) is 17.1 Å². The molecule has 0 heterocycles. The van der Waals surface area contributed by atoms with Crippen molar-refractivity contribution >= 4 is 5.97 Å². The lowest BCUT2D eigenvalue weighted by Gasteiger charge is -2.07. The Hall–Kier alpha value is -3.27. The van der Waals surface area contributed by atoms with Crippen molar-refractivity contribution in [1.82, 2.24) is 0 Å². The fourth-order valence-electron chi connectivity index (χ4n) is 2.57. The van der Waals surface area contributed by atoms with E-state index in [-0.39, 0.29) is 5.75 Å². The van der Waals surface area contributed by atoms with Crippen molar-refractivity contribution in [2.75, 3.05) is 7.11 Å². The summed E-state index contributed by atoms with van der Waals surface area (Å²) in [5.41, 5.74) is 2.79. The number of phenols is 1. The molecular weight excluding hydrogens is 328 g/mol. The Balaban J connectivity index is 1.56. The fourth-order valence-corrected chi connectivity index (χ4v) is 2.57. The van der Waals surface area contributed by atoms with Crippen molar-refractivity contribution in [3.8, 4) is 17.2 Å². The number of carbonyl (C=O) groups excluding carboxylic acids is 1. The summed E-state index contributed by atoms with van der Waals surface area (Å²) in [6.07, 6.45) is 1.75. The van der Waals surface area contributed by atoms with E-state index in [4.69, 9.17) is 9.47 Å². The Kier molecular flexibility index (Phi) is 5.54. The van der Waals surface area contributed by atoms with Crippen LogP contribution >= 0.6 is 0 Å². The van der Waals surface area contributed by atoms with Gasteiger partial charge in [-0.05, 0) is 72.5 Å². The highest BCUT2D eigenvalue weighted by Crippen LogP contribution is 2.18. The van der Waals surface area contributed by atoms with Gasteiger partial charge in [-0.2, -0.15) is 0 Å². The van der Waals surface area contributed by atoms with E-state index in [9.17, 15) is 9.90 Å². The maximum atomic E-state index is 12.2. The summed E-state index contributed by atoms with van der Waals surface area (Å²) in [5.74, 6) is 1.08. The van der Waals surface area contributed by atoms with Crippen LogP contribution in [0, 0.1) is 0 Å². The van der Waals surface area contributed by atoms with Gasteiger partial charge in [0, 0.05) is 0 Å². The van der Waals surface area contributed by atoms with Crippen LogP contribution in [0.5, 0.6) is 17.2 Å². The van der Waals surface area contributed by atoms with E-state index in [2.05, 4.69) is 0 Å². The molecule has 0 atom stereocenters. The van der Waals surface area contributed by atoms with Gasteiger partial charge in [0.05, 0.1) is 12.7 Å². The summed E-state index contributed by atoms with van der Waals surface area (Å²) in [6.45, 7) is 0. The zero-order valence-electron chi connectivity index (χ0n) is 14.5. The van der Waals surface area contributed by atoms with E-state index in [1.165, 1.54) is 0 Å². The van der Waals surface area contributed by atoms with Gasteiger partial charge in [-0.1, -0.05) is 24.3 Å². The van der Waals surface area contributed by atoms with Crippen LogP contribution in [0.1, 0.15) is 21.5 Å². The zero-order valence-corrected chi connectivity index (χ0v) is 14.5. The second-order valence-electron chi connectivity index (χ2n) is 5.93. The van der Waals surface area contributed by atoms with Gasteiger partial charge in [0.2, 0.25) is 0 Å². The van der Waals surface area contributed by atoms with Gasteiger partial charge in [0.15, 0.2) is 0 Å². The third-order valence-corrected chi connectivity index (χ3v) is 4.10. The molecule has 0 bridgehead atoms. The first-order chi connectivity index (χ1) is 12.6. The topological polar surface area (TPSA) is 55.8 Å². The number of aromatic hydroxyl groups is 1. The summed E-state index contributed by atoms with van der Waals surface area (Å²) in [7, 11) is 1.58. The molecule has 3 aromatic rings. The minimum atomic E-state index is -0.399. The minimum absolute atomic E-state index is 0.275. The van der Waals surface area contributed by atoms with E-state index in [0.717, 1.165) is 24.0 Å². The van der Waals surface area contributed by atoms with Crippen molar-refractivity contribution in [3.05, 3.63) is 89.5 Å². The minimum Gasteiger partial charge on any atom is -0.508 e. The van der Waals surface area contributed by atoms with Crippen LogP contribution in [0.2, 0.25) is 0 Å². The summed E-state index contributed by atoms with van der Waals surface area (Å²) < 4.78 is 10.5. The molecule has 132 valence electrons. The summed E-state index contributed by atoms with van der Waals surface area (Å²) in [4.78, 5) is 12.2. The van der Waals surface area contributed by atoms with Crippen molar-refractivity contribution in [3.63, 3.8) is 0 Å². The molecule has 0 saturated heterocycles. The molecule has 0 amide bonds. The molecular formula is C22H20O4. The first-order valence-electron chi connectivity index (χ1n) is 8.37. The monoisotopic (exact) mass is 348 g/mol. The summed E-state index contributed by atoms with van der Waals surface area (Å²) >= 11 is 0. The molecule has 4 heteroatoms. The summed E-state index contributed by atoms with van der Waals surface area (Å²) in [5, 5.41) is 9.31. The standard InChI is InChI=1S/C22H20O4/c1-25-20-14-8-18(9-15-20)22(24)26-21-12-6-17(7-13-21)3-2-16-4-10-19(23)11-5-16/h4-15,23H,2-3H2,1H3. The molecule has 0 radical (unpaired) electrons. The number of rotatable bonds is 6. The van der Waals surface area contributed by atoms with Crippen molar-refractivity contribution in [1.29, 1.82) is 0 Å². The number of carbonyl (C=O) groups is 1. The van der Waals surface area contributed by atoms with E-state index >= 15 is 0 Å². The molecule has 4 nitrogen and oxygen atoms in total. The lowest BCUT2D eigenvalue weighted by atomic mass is 10.0. The Bertz CT molecular complexity index is 850. The lowest BCUT2D eigenvalue weighted by Crippen LogP contribution is -2.08. The molecule has 0 saturated carbocycles. The van der Waals surface area contributed by atoms with Gasteiger partial charge in [-0.25, -0.2) is 4.79 Å². The number of phenolic OH excluding ortho intramolecular Hbond substituents is 1. The summed E-state index contributed by atoms with van der Waals surface area (Å²) in [6, 6.07) is 21.5. The number of benzene rings is 3. The average Bonchev–Trinajstić information content (AvgIpc) is 2.68. The molecule has 3 rings (SSSR count). The molecule has 1 N–H and O–H groups in total. The normalized spacial score (nSPS) is 10.3. The Morgan fingerprint density at radius 1 is 0.769 bits per heavy atom. The number of esters is 1. The molecule has 26 heavy (non-hydrogen) atoms. The third-order valence-electron chi connectivity index (χ3n) is 4.10. The zero-order chi connectivity index (χ0) is 18.4. The van der Waals surface area contributed by atoms with Crippen LogP contribution in [0.4, 0.5) is 0 Å². The second-order valence-corrected chi connectivity index (χ2v) is 5.93. The highest BCUT2D eigenvalue weighted by molar-refractivity contribution is 5.91. The Morgan fingerprint density at radius 3 is 1.81 bits per heavy atom. The molecule has 3 aromatic carbocycles. The third kappa shape index (κ3) is 4.63. The molecule has 0 fully saturated rings. The number of methoxy groups -OCH3 is 1. The number of hydrogen-bond acceptors (Lipinski definition) is 4. The predicted molar refractivity (Wildman–Crippen MR) is 99.9 cm³/mol. The smallest absolute Gasteiger partial charge is 0.343 e. The second kappa shape index (κ2) is 8.21. The Labute approximate surface area is 152 Å². The Morgan fingerprint density at radius 2 is 1.27 bits per heavy atom. The van der Waals surface area contributed by atoms with Gasteiger partial charge in [-0.15, -0.1) is 0 Å². The first kappa shape index (κ1) is 17.5. The van der Waals surface area contributed by atoms with Gasteiger partial charge >= 0.3 is 5.97 Å². The molecule has 0 aliphatic rings. The fraction of sp³-hybridized carbons (Fsp3) is 0.136. The molecule has 0 aromatic heterocycles. The quantitative estimate of drug-likeness (QED) is 0.530. The van der Waals surface area contributed by atoms with Crippen molar-refractivity contribution in [2.45, 2.75) is 12.8 Å². The average molecular weight is 348 g/mol. The number of ether oxygens (including phenoxy) is 2. The SMILES string of the molecule is COc1ccc(C(=O)Oc2ccc(CCc3ccc(O)cc3)cc2)cc1. The van der Waals surface area contributed by atoms with Crippen LogP contribution in [-0.4, -0.2) is 18.2 Å². The maximum absolute atomic E-state index is 12.2. The largest absolute Gasteiger partial charge is 0.508 e. The molecule has 0 spiro atoms. The first-order valence-corrected chi connectivity index (χ1v) is 8.37. The maximum Gasteiger partial charge on any atom is 0.343 e. The van der Waals surface area contributed by atoms with Crippen LogP contribution in [0.15, 0.2) is 72.8 Å².